The summed E-state index contributed by atoms with van der Waals surface area (Å²) < 4.78 is 5.61. The van der Waals surface area contributed by atoms with Crippen LogP contribution in [0.4, 0.5) is 0 Å². The van der Waals surface area contributed by atoms with E-state index in [4.69, 9.17) is 20.3 Å². The minimum Gasteiger partial charge on any atom is -0.381 e. The number of rotatable bonds is 1. The molecule has 0 radical (unpaired) electrons. The van der Waals surface area contributed by atoms with E-state index in [1.165, 1.54) is 5.56 Å². The highest BCUT2D eigenvalue weighted by Crippen LogP contribution is 2.61. The predicted octanol–water partition coefficient (Wildman–Crippen LogP) is 3.17. The molecular formula is C22H29N3O2. The van der Waals surface area contributed by atoms with E-state index in [0.717, 1.165) is 43.2 Å². The quantitative estimate of drug-likeness (QED) is 0.775. The fourth-order valence-electron chi connectivity index (χ4n) is 4.84. The number of hydrogen-bond donors (Lipinski definition) is 1. The smallest absolute Gasteiger partial charge is 0.220 e. The van der Waals surface area contributed by atoms with Crippen LogP contribution in [0.25, 0.3) is 0 Å². The van der Waals surface area contributed by atoms with Gasteiger partial charge in [-0.15, -0.1) is 0 Å². The van der Waals surface area contributed by atoms with E-state index in [0.29, 0.717) is 18.0 Å². The summed E-state index contributed by atoms with van der Waals surface area (Å²) >= 11 is 0. The molecule has 1 unspecified atom stereocenters. The summed E-state index contributed by atoms with van der Waals surface area (Å²) in [4.78, 5) is 11.3. The zero-order chi connectivity index (χ0) is 19.2. The molecule has 1 aliphatic heterocycles. The number of hydroxylamine groups is 2. The molecule has 2 N–H and O–H groups in total. The molecule has 0 saturated heterocycles. The van der Waals surface area contributed by atoms with Crippen LogP contribution in [0.1, 0.15) is 56.2 Å². The Morgan fingerprint density at radius 3 is 2.67 bits per heavy atom. The number of nitrogens with two attached hydrogens (primary N) is 1. The Labute approximate surface area is 161 Å². The van der Waals surface area contributed by atoms with Crippen molar-refractivity contribution in [1.82, 2.24) is 5.06 Å². The van der Waals surface area contributed by atoms with Crippen molar-refractivity contribution in [2.24, 2.45) is 22.1 Å². The molecular weight excluding hydrogens is 338 g/mol. The van der Waals surface area contributed by atoms with Gasteiger partial charge in [0.05, 0.1) is 6.10 Å². The second-order valence-corrected chi connectivity index (χ2v) is 8.39. The SMILES string of the molecule is COC1CCC2(CC1)Cc1ccc(C#CC(C)C)cc1C21N=C(N)N(C)O1. The number of benzene rings is 1. The second-order valence-electron chi connectivity index (χ2n) is 8.39. The number of ether oxygens (including phenoxy) is 1. The maximum atomic E-state index is 6.41. The summed E-state index contributed by atoms with van der Waals surface area (Å²) in [6.07, 6.45) is 5.35. The van der Waals surface area contributed by atoms with Crippen molar-refractivity contribution in [1.29, 1.82) is 0 Å². The molecule has 4 rings (SSSR count). The van der Waals surface area contributed by atoms with Crippen LogP contribution in [-0.2, 0) is 21.7 Å². The Morgan fingerprint density at radius 1 is 1.33 bits per heavy atom. The van der Waals surface area contributed by atoms with E-state index in [1.807, 2.05) is 7.05 Å². The molecule has 0 bridgehead atoms. The van der Waals surface area contributed by atoms with Gasteiger partial charge in [0.15, 0.2) is 0 Å². The van der Waals surface area contributed by atoms with Gasteiger partial charge in [0.2, 0.25) is 11.7 Å². The molecule has 3 aliphatic rings. The molecule has 1 heterocycles. The first-order valence-corrected chi connectivity index (χ1v) is 9.85. The molecule has 0 aromatic heterocycles. The van der Waals surface area contributed by atoms with E-state index in [-0.39, 0.29) is 5.41 Å². The molecule has 1 aromatic rings. The first kappa shape index (κ1) is 18.3. The maximum Gasteiger partial charge on any atom is 0.220 e. The predicted molar refractivity (Wildman–Crippen MR) is 106 cm³/mol. The lowest BCUT2D eigenvalue weighted by atomic mass is 9.66. The van der Waals surface area contributed by atoms with Crippen molar-refractivity contribution in [2.75, 3.05) is 14.2 Å². The van der Waals surface area contributed by atoms with E-state index in [2.05, 4.69) is 43.9 Å². The Bertz CT molecular complexity index is 828. The average Bonchev–Trinajstić information content (AvgIpc) is 3.09. The molecule has 144 valence electrons. The molecule has 5 nitrogen and oxygen atoms in total. The van der Waals surface area contributed by atoms with Crippen LogP contribution in [0, 0.1) is 23.2 Å². The summed E-state index contributed by atoms with van der Waals surface area (Å²) in [5.74, 6) is 7.32. The Morgan fingerprint density at radius 2 is 2.07 bits per heavy atom. The zero-order valence-corrected chi connectivity index (χ0v) is 16.7. The summed E-state index contributed by atoms with van der Waals surface area (Å²) in [7, 11) is 3.64. The second kappa shape index (κ2) is 6.54. The van der Waals surface area contributed by atoms with Crippen LogP contribution < -0.4 is 5.73 Å². The minimum absolute atomic E-state index is 0.0795. The van der Waals surface area contributed by atoms with Crippen molar-refractivity contribution in [2.45, 2.75) is 57.8 Å². The van der Waals surface area contributed by atoms with Gasteiger partial charge in [-0.05, 0) is 49.8 Å². The minimum atomic E-state index is -0.741. The molecule has 1 aromatic carbocycles. The molecule has 2 spiro atoms. The number of methoxy groups -OCH3 is 1. The van der Waals surface area contributed by atoms with Gasteiger partial charge >= 0.3 is 0 Å². The van der Waals surface area contributed by atoms with Crippen LogP contribution in [-0.4, -0.2) is 31.3 Å². The molecule has 1 atom stereocenters. The molecule has 1 saturated carbocycles. The summed E-state index contributed by atoms with van der Waals surface area (Å²) in [6.45, 7) is 4.20. The highest BCUT2D eigenvalue weighted by atomic mass is 16.7. The lowest BCUT2D eigenvalue weighted by Gasteiger charge is -2.45. The third kappa shape index (κ3) is 2.83. The van der Waals surface area contributed by atoms with Crippen molar-refractivity contribution < 1.29 is 9.57 Å². The van der Waals surface area contributed by atoms with Crippen LogP contribution in [0.5, 0.6) is 0 Å². The van der Waals surface area contributed by atoms with Crippen molar-refractivity contribution in [3.05, 3.63) is 34.9 Å². The number of aliphatic imine (C=N–C) groups is 1. The van der Waals surface area contributed by atoms with E-state index in [1.54, 1.807) is 12.2 Å². The highest BCUT2D eigenvalue weighted by molar-refractivity contribution is 5.79. The van der Waals surface area contributed by atoms with Gasteiger partial charge in [-0.1, -0.05) is 31.8 Å². The standard InChI is InChI=1S/C22H29N3O2/c1-15(2)5-6-16-7-8-17-14-21(11-9-18(26-4)10-12-21)22(19(17)13-16)24-20(23)25(3)27-22/h7-8,13,15,18H,9-12,14H2,1-4H3,(H2,23,24). The van der Waals surface area contributed by atoms with Crippen molar-refractivity contribution in [3.63, 3.8) is 0 Å². The third-order valence-electron chi connectivity index (χ3n) is 6.31. The largest absolute Gasteiger partial charge is 0.381 e. The first-order valence-electron chi connectivity index (χ1n) is 9.85. The fraction of sp³-hybridized carbons (Fsp3) is 0.591. The maximum absolute atomic E-state index is 6.41. The van der Waals surface area contributed by atoms with E-state index < -0.39 is 5.72 Å². The van der Waals surface area contributed by atoms with Crippen molar-refractivity contribution in [3.8, 4) is 11.8 Å². The van der Waals surface area contributed by atoms with Crippen LogP contribution in [0.2, 0.25) is 0 Å². The normalized spacial score (nSPS) is 32.0. The van der Waals surface area contributed by atoms with Gasteiger partial charge < -0.3 is 10.5 Å². The van der Waals surface area contributed by atoms with Crippen LogP contribution in [0.15, 0.2) is 23.2 Å². The molecule has 0 amide bonds. The summed E-state index contributed by atoms with van der Waals surface area (Å²) in [5.41, 5.74) is 8.78. The number of hydrogen-bond acceptors (Lipinski definition) is 5. The van der Waals surface area contributed by atoms with Gasteiger partial charge in [-0.2, -0.15) is 0 Å². The van der Waals surface area contributed by atoms with Crippen LogP contribution in [0.3, 0.4) is 0 Å². The number of nitrogens with zero attached hydrogens (tertiary/aromatic N) is 2. The van der Waals surface area contributed by atoms with Crippen LogP contribution >= 0.6 is 0 Å². The summed E-state index contributed by atoms with van der Waals surface area (Å²) in [6, 6.07) is 6.48. The monoisotopic (exact) mass is 367 g/mol. The van der Waals surface area contributed by atoms with Gasteiger partial charge in [0.25, 0.3) is 0 Å². The lowest BCUT2D eigenvalue weighted by molar-refractivity contribution is -0.232. The zero-order valence-electron chi connectivity index (χ0n) is 16.7. The topological polar surface area (TPSA) is 60.1 Å². The highest BCUT2D eigenvalue weighted by Gasteiger charge is 2.63. The summed E-state index contributed by atoms with van der Waals surface area (Å²) in [5, 5.41) is 1.62. The van der Waals surface area contributed by atoms with Gasteiger partial charge in [-0.25, -0.2) is 14.9 Å². The third-order valence-corrected chi connectivity index (χ3v) is 6.31. The number of fused-ring (bicyclic) bond motifs is 3. The number of guanidine groups is 1. The molecule has 1 fully saturated rings. The van der Waals surface area contributed by atoms with Gasteiger partial charge in [-0.3, -0.25) is 0 Å². The molecule has 27 heavy (non-hydrogen) atoms. The Balaban J connectivity index is 1.79. The molecule has 2 aliphatic carbocycles. The first-order chi connectivity index (χ1) is 12.9. The molecule has 5 heteroatoms. The van der Waals surface area contributed by atoms with Crippen molar-refractivity contribution >= 4 is 5.96 Å². The van der Waals surface area contributed by atoms with Gasteiger partial charge in [0, 0.05) is 36.6 Å². The van der Waals surface area contributed by atoms with E-state index in [9.17, 15) is 0 Å². The Kier molecular flexibility index (Phi) is 4.44. The van der Waals surface area contributed by atoms with E-state index >= 15 is 0 Å². The average molecular weight is 367 g/mol. The lowest BCUT2D eigenvalue weighted by Crippen LogP contribution is -2.46. The Hall–Kier alpha value is -2.03. The fourth-order valence-corrected chi connectivity index (χ4v) is 4.84. The van der Waals surface area contributed by atoms with Gasteiger partial charge in [0.1, 0.15) is 0 Å².